The lowest BCUT2D eigenvalue weighted by Gasteiger charge is -2.18. The van der Waals surface area contributed by atoms with Crippen molar-refractivity contribution in [1.82, 2.24) is 5.06 Å². The first-order valence-corrected chi connectivity index (χ1v) is 5.16. The van der Waals surface area contributed by atoms with E-state index in [1.807, 2.05) is 12.1 Å². The smallest absolute Gasteiger partial charge is 0.339 e. The number of hydrogen-bond donors (Lipinski definition) is 2. The number of hydrogen-bond acceptors (Lipinski definition) is 3. The molecular formula is C7H9BrN2O2S. The average Bonchev–Trinajstić information content (AvgIpc) is 2.49. The first-order valence-electron chi connectivity index (χ1n) is 3.55. The van der Waals surface area contributed by atoms with Gasteiger partial charge in [-0.1, -0.05) is 0 Å². The van der Waals surface area contributed by atoms with Gasteiger partial charge in [0.05, 0.1) is 9.83 Å². The molecule has 13 heavy (non-hydrogen) atoms. The third kappa shape index (κ3) is 2.43. The summed E-state index contributed by atoms with van der Waals surface area (Å²) in [5.41, 5.74) is 4.91. The van der Waals surface area contributed by atoms with Crippen molar-refractivity contribution in [3.8, 4) is 0 Å². The van der Waals surface area contributed by atoms with Crippen molar-refractivity contribution in [2.24, 2.45) is 5.73 Å². The van der Waals surface area contributed by atoms with Crippen LogP contribution in [0.25, 0.3) is 0 Å². The number of hydroxylamine groups is 2. The van der Waals surface area contributed by atoms with Crippen LogP contribution in [0.4, 0.5) is 4.79 Å². The zero-order valence-corrected chi connectivity index (χ0v) is 9.30. The monoisotopic (exact) mass is 264 g/mol. The number of thiophene rings is 1. The van der Waals surface area contributed by atoms with Crippen LogP contribution in [-0.4, -0.2) is 16.3 Å². The second-order valence-corrected chi connectivity index (χ2v) is 5.00. The predicted octanol–water partition coefficient (Wildman–Crippen LogP) is 2.34. The van der Waals surface area contributed by atoms with Crippen LogP contribution in [0.5, 0.6) is 0 Å². The summed E-state index contributed by atoms with van der Waals surface area (Å²) in [5, 5.41) is 9.72. The number of carbonyl (C=O) groups excluding carboxylic acids is 1. The van der Waals surface area contributed by atoms with Gasteiger partial charge in [-0.2, -0.15) is 5.06 Å². The van der Waals surface area contributed by atoms with Crippen LogP contribution in [0.1, 0.15) is 17.8 Å². The Bertz CT molecular complexity index is 315. The standard InChI is InChI=1S/C7H9BrN2O2S/c1-4(10(12)7(9)11)5-2-3-6(8)13-5/h2-4,12H,1H3,(H2,9,11). The Labute approximate surface area is 88.0 Å². The summed E-state index contributed by atoms with van der Waals surface area (Å²) in [6, 6.07) is 2.42. The molecule has 1 atom stereocenters. The minimum absolute atomic E-state index is 0.409. The van der Waals surface area contributed by atoms with Gasteiger partial charge >= 0.3 is 6.03 Å². The average molecular weight is 265 g/mol. The van der Waals surface area contributed by atoms with Crippen LogP contribution in [0.15, 0.2) is 15.9 Å². The SMILES string of the molecule is CC(c1ccc(Br)s1)N(O)C(N)=O. The summed E-state index contributed by atoms with van der Waals surface area (Å²) in [6.07, 6.45) is 0. The lowest BCUT2D eigenvalue weighted by Crippen LogP contribution is -2.34. The Hall–Kier alpha value is -0.590. The molecule has 0 radical (unpaired) electrons. The highest BCUT2D eigenvalue weighted by Crippen LogP contribution is 2.29. The lowest BCUT2D eigenvalue weighted by atomic mass is 10.3. The van der Waals surface area contributed by atoms with E-state index in [9.17, 15) is 10.0 Å². The minimum atomic E-state index is -0.850. The van der Waals surface area contributed by atoms with E-state index in [0.29, 0.717) is 5.06 Å². The number of nitrogens with two attached hydrogens (primary N) is 1. The molecule has 0 saturated heterocycles. The van der Waals surface area contributed by atoms with Crippen molar-refractivity contribution in [1.29, 1.82) is 0 Å². The van der Waals surface area contributed by atoms with Gasteiger partial charge in [-0.15, -0.1) is 11.3 Å². The Morgan fingerprint density at radius 1 is 1.77 bits per heavy atom. The maximum atomic E-state index is 10.6. The fourth-order valence-electron chi connectivity index (χ4n) is 0.864. The molecule has 1 aromatic heterocycles. The lowest BCUT2D eigenvalue weighted by molar-refractivity contribution is -0.0700. The first kappa shape index (κ1) is 10.5. The maximum absolute atomic E-state index is 10.6. The summed E-state index contributed by atoms with van der Waals surface area (Å²) in [5.74, 6) is 0. The first-order chi connectivity index (χ1) is 6.02. The number of nitrogens with zero attached hydrogens (tertiary/aromatic N) is 1. The molecule has 1 rings (SSSR count). The largest absolute Gasteiger partial charge is 0.350 e. The fourth-order valence-corrected chi connectivity index (χ4v) is 2.32. The van der Waals surface area contributed by atoms with Crippen LogP contribution >= 0.6 is 27.3 Å². The summed E-state index contributed by atoms with van der Waals surface area (Å²) in [6.45, 7) is 1.70. The molecule has 0 aliphatic rings. The van der Waals surface area contributed by atoms with Gasteiger partial charge in [0.25, 0.3) is 0 Å². The van der Waals surface area contributed by atoms with Crippen LogP contribution in [-0.2, 0) is 0 Å². The Morgan fingerprint density at radius 3 is 2.77 bits per heavy atom. The normalized spacial score (nSPS) is 12.5. The number of primary amides is 1. The summed E-state index contributed by atoms with van der Waals surface area (Å²) in [4.78, 5) is 11.5. The molecule has 1 heterocycles. The second kappa shape index (κ2) is 4.08. The van der Waals surface area contributed by atoms with Gasteiger partial charge in [0.2, 0.25) is 0 Å². The zero-order valence-electron chi connectivity index (χ0n) is 6.90. The van der Waals surface area contributed by atoms with E-state index in [1.54, 1.807) is 6.92 Å². The van der Waals surface area contributed by atoms with Crippen molar-refractivity contribution >= 4 is 33.3 Å². The molecule has 0 spiro atoms. The topological polar surface area (TPSA) is 66.6 Å². The molecule has 72 valence electrons. The quantitative estimate of drug-likeness (QED) is 0.636. The van der Waals surface area contributed by atoms with E-state index in [-0.39, 0.29) is 0 Å². The highest BCUT2D eigenvalue weighted by atomic mass is 79.9. The third-order valence-corrected chi connectivity index (χ3v) is 3.39. The molecule has 4 nitrogen and oxygen atoms in total. The van der Waals surface area contributed by atoms with Gasteiger partial charge in [0, 0.05) is 4.88 Å². The van der Waals surface area contributed by atoms with Gasteiger partial charge < -0.3 is 5.73 Å². The van der Waals surface area contributed by atoms with Crippen molar-refractivity contribution in [3.05, 3.63) is 20.8 Å². The van der Waals surface area contributed by atoms with E-state index < -0.39 is 12.1 Å². The molecule has 6 heteroatoms. The van der Waals surface area contributed by atoms with Crippen LogP contribution in [0.3, 0.4) is 0 Å². The number of amides is 2. The van der Waals surface area contributed by atoms with Crippen LogP contribution < -0.4 is 5.73 Å². The van der Waals surface area contributed by atoms with Gasteiger partial charge in [-0.3, -0.25) is 5.21 Å². The van der Waals surface area contributed by atoms with Crippen LogP contribution in [0.2, 0.25) is 0 Å². The maximum Gasteiger partial charge on any atom is 0.339 e. The van der Waals surface area contributed by atoms with Crippen molar-refractivity contribution in [2.75, 3.05) is 0 Å². The predicted molar refractivity (Wildman–Crippen MR) is 53.6 cm³/mol. The molecule has 0 fully saturated rings. The summed E-state index contributed by atoms with van der Waals surface area (Å²) < 4.78 is 0.951. The summed E-state index contributed by atoms with van der Waals surface area (Å²) >= 11 is 4.74. The molecule has 1 unspecified atom stereocenters. The Balaban J connectivity index is 2.78. The highest BCUT2D eigenvalue weighted by Gasteiger charge is 2.18. The zero-order chi connectivity index (χ0) is 10.0. The van der Waals surface area contributed by atoms with E-state index in [4.69, 9.17) is 5.73 Å². The van der Waals surface area contributed by atoms with E-state index in [2.05, 4.69) is 15.9 Å². The van der Waals surface area contributed by atoms with Crippen LogP contribution in [0, 0.1) is 0 Å². The molecule has 0 bridgehead atoms. The number of rotatable bonds is 2. The molecule has 2 amide bonds. The third-order valence-electron chi connectivity index (χ3n) is 1.60. The van der Waals surface area contributed by atoms with Crippen molar-refractivity contribution in [2.45, 2.75) is 13.0 Å². The number of urea groups is 1. The highest BCUT2D eigenvalue weighted by molar-refractivity contribution is 9.11. The summed E-state index contributed by atoms with van der Waals surface area (Å²) in [7, 11) is 0. The van der Waals surface area contributed by atoms with E-state index in [1.165, 1.54) is 11.3 Å². The van der Waals surface area contributed by atoms with Crippen molar-refractivity contribution in [3.63, 3.8) is 0 Å². The molecule has 3 N–H and O–H groups in total. The number of carbonyl (C=O) groups is 1. The fraction of sp³-hybridized carbons (Fsp3) is 0.286. The van der Waals surface area contributed by atoms with E-state index >= 15 is 0 Å². The Morgan fingerprint density at radius 2 is 2.38 bits per heavy atom. The number of halogens is 1. The molecule has 0 aromatic carbocycles. The molecular weight excluding hydrogens is 256 g/mol. The molecule has 1 aromatic rings. The molecule has 0 aliphatic heterocycles. The molecule has 0 aliphatic carbocycles. The van der Waals surface area contributed by atoms with E-state index in [0.717, 1.165) is 8.66 Å². The van der Waals surface area contributed by atoms with Gasteiger partial charge in [-0.25, -0.2) is 4.79 Å². The van der Waals surface area contributed by atoms with Gasteiger partial charge in [0.1, 0.15) is 0 Å². The van der Waals surface area contributed by atoms with Crippen molar-refractivity contribution < 1.29 is 10.0 Å². The second-order valence-electron chi connectivity index (χ2n) is 2.50. The minimum Gasteiger partial charge on any atom is -0.350 e. The van der Waals surface area contributed by atoms with Gasteiger partial charge in [-0.05, 0) is 35.0 Å². The Kier molecular flexibility index (Phi) is 3.29. The van der Waals surface area contributed by atoms with Gasteiger partial charge in [0.15, 0.2) is 0 Å². The molecule has 0 saturated carbocycles.